The van der Waals surface area contributed by atoms with Gasteiger partial charge in [0.1, 0.15) is 5.01 Å². The van der Waals surface area contributed by atoms with Crippen LogP contribution in [0.2, 0.25) is 0 Å². The fourth-order valence-electron chi connectivity index (χ4n) is 2.04. The molecule has 1 N–H and O–H groups in total. The molecular weight excluding hydrogens is 252 g/mol. The Morgan fingerprint density at radius 3 is 2.84 bits per heavy atom. The molecule has 1 atom stereocenters. The van der Waals surface area contributed by atoms with Gasteiger partial charge in [0, 0.05) is 22.7 Å². The van der Waals surface area contributed by atoms with Crippen molar-refractivity contribution in [1.29, 1.82) is 0 Å². The van der Waals surface area contributed by atoms with Crippen molar-refractivity contribution in [3.63, 3.8) is 0 Å². The van der Waals surface area contributed by atoms with Crippen LogP contribution in [-0.4, -0.2) is 11.5 Å². The maximum absolute atomic E-state index is 4.60. The minimum Gasteiger partial charge on any atom is -0.309 e. The Bertz CT molecular complexity index is 545. The van der Waals surface area contributed by atoms with E-state index >= 15 is 0 Å². The lowest BCUT2D eigenvalue weighted by Crippen LogP contribution is -2.18. The van der Waals surface area contributed by atoms with Gasteiger partial charge in [-0.3, -0.25) is 0 Å². The third kappa shape index (κ3) is 3.43. The van der Waals surface area contributed by atoms with E-state index < -0.39 is 0 Å². The number of aromatic nitrogens is 1. The first-order valence-electron chi connectivity index (χ1n) is 6.88. The average Bonchev–Trinajstić information content (AvgIpc) is 2.88. The van der Waals surface area contributed by atoms with Gasteiger partial charge in [0.15, 0.2) is 0 Å². The van der Waals surface area contributed by atoms with Crippen LogP contribution in [0, 0.1) is 13.8 Å². The quantitative estimate of drug-likeness (QED) is 0.869. The second-order valence-electron chi connectivity index (χ2n) is 5.06. The monoisotopic (exact) mass is 274 g/mol. The third-order valence-electron chi connectivity index (χ3n) is 3.27. The second-order valence-corrected chi connectivity index (χ2v) is 6.12. The summed E-state index contributed by atoms with van der Waals surface area (Å²) < 4.78 is 0. The zero-order valence-corrected chi connectivity index (χ0v) is 13.0. The summed E-state index contributed by atoms with van der Waals surface area (Å²) in [5.41, 5.74) is 3.84. The number of aryl methyl sites for hydroxylation is 2. The van der Waals surface area contributed by atoms with Gasteiger partial charge in [-0.25, -0.2) is 4.98 Å². The van der Waals surface area contributed by atoms with Crippen LogP contribution in [0.3, 0.4) is 0 Å². The molecule has 2 rings (SSSR count). The largest absolute Gasteiger partial charge is 0.309 e. The second kappa shape index (κ2) is 6.31. The molecule has 1 aromatic heterocycles. The van der Waals surface area contributed by atoms with E-state index in [9.17, 15) is 0 Å². The van der Waals surface area contributed by atoms with E-state index in [1.54, 1.807) is 11.3 Å². The summed E-state index contributed by atoms with van der Waals surface area (Å²) in [6.45, 7) is 9.72. The first-order valence-corrected chi connectivity index (χ1v) is 7.70. The minimum absolute atomic E-state index is 0.385. The number of thiazole rings is 1. The maximum Gasteiger partial charge on any atom is 0.123 e. The molecule has 0 aliphatic carbocycles. The standard InChI is InChI=1S/C16H22N2S/c1-5-8-17-13(4)15-10-18-16(19-15)14-9-11(2)6-7-12(14)3/h6-7,9-10,13,17H,5,8H2,1-4H3. The van der Waals surface area contributed by atoms with E-state index in [4.69, 9.17) is 0 Å². The van der Waals surface area contributed by atoms with Crippen LogP contribution in [0.1, 0.15) is 42.3 Å². The summed E-state index contributed by atoms with van der Waals surface area (Å²) >= 11 is 1.79. The molecule has 0 bridgehead atoms. The molecule has 0 aliphatic rings. The molecule has 102 valence electrons. The Morgan fingerprint density at radius 1 is 1.32 bits per heavy atom. The predicted molar refractivity (Wildman–Crippen MR) is 83.7 cm³/mol. The van der Waals surface area contributed by atoms with E-state index in [0.717, 1.165) is 18.0 Å². The predicted octanol–water partition coefficient (Wildman–Crippen LogP) is 4.49. The summed E-state index contributed by atoms with van der Waals surface area (Å²) in [4.78, 5) is 5.91. The van der Waals surface area contributed by atoms with E-state index in [0.29, 0.717) is 6.04 Å². The van der Waals surface area contributed by atoms with Gasteiger partial charge in [0.2, 0.25) is 0 Å². The number of hydrogen-bond acceptors (Lipinski definition) is 3. The molecule has 0 amide bonds. The van der Waals surface area contributed by atoms with Gasteiger partial charge in [0.05, 0.1) is 0 Å². The number of benzene rings is 1. The molecule has 0 saturated carbocycles. The summed E-state index contributed by atoms with van der Waals surface area (Å²) in [5, 5.41) is 4.64. The van der Waals surface area contributed by atoms with E-state index in [2.05, 4.69) is 56.2 Å². The first kappa shape index (κ1) is 14.2. The maximum atomic E-state index is 4.60. The molecule has 0 aliphatic heterocycles. The first-order chi connectivity index (χ1) is 9.11. The van der Waals surface area contributed by atoms with Gasteiger partial charge < -0.3 is 5.32 Å². The highest BCUT2D eigenvalue weighted by atomic mass is 32.1. The molecule has 1 heterocycles. The van der Waals surface area contributed by atoms with Gasteiger partial charge in [-0.15, -0.1) is 11.3 Å². The molecule has 1 aromatic carbocycles. The number of nitrogens with one attached hydrogen (secondary N) is 1. The molecule has 3 heteroatoms. The molecule has 2 nitrogen and oxygen atoms in total. The van der Waals surface area contributed by atoms with E-state index in [-0.39, 0.29) is 0 Å². The summed E-state index contributed by atoms with van der Waals surface area (Å²) in [6, 6.07) is 6.93. The Morgan fingerprint density at radius 2 is 2.11 bits per heavy atom. The van der Waals surface area contributed by atoms with E-state index in [1.807, 2.05) is 6.20 Å². The van der Waals surface area contributed by atoms with Crippen molar-refractivity contribution >= 4 is 11.3 Å². The highest BCUT2D eigenvalue weighted by Crippen LogP contribution is 2.31. The number of nitrogens with zero attached hydrogens (tertiary/aromatic N) is 1. The van der Waals surface area contributed by atoms with Crippen LogP contribution in [0.5, 0.6) is 0 Å². The van der Waals surface area contributed by atoms with Crippen LogP contribution in [0.25, 0.3) is 10.6 Å². The Kier molecular flexibility index (Phi) is 4.72. The van der Waals surface area contributed by atoms with Gasteiger partial charge in [-0.2, -0.15) is 0 Å². The van der Waals surface area contributed by atoms with Crippen molar-refractivity contribution < 1.29 is 0 Å². The lowest BCUT2D eigenvalue weighted by Gasteiger charge is -2.09. The smallest absolute Gasteiger partial charge is 0.123 e. The van der Waals surface area contributed by atoms with Crippen LogP contribution in [0.15, 0.2) is 24.4 Å². The summed E-state index contributed by atoms with van der Waals surface area (Å²) in [6.07, 6.45) is 3.17. The van der Waals surface area contributed by atoms with E-state index in [1.165, 1.54) is 21.6 Å². The van der Waals surface area contributed by atoms with Crippen LogP contribution >= 0.6 is 11.3 Å². The van der Waals surface area contributed by atoms with Gasteiger partial charge >= 0.3 is 0 Å². The average molecular weight is 274 g/mol. The number of hydrogen-bond donors (Lipinski definition) is 1. The van der Waals surface area contributed by atoms with Crippen molar-refractivity contribution in [3.05, 3.63) is 40.4 Å². The summed E-state index contributed by atoms with van der Waals surface area (Å²) in [7, 11) is 0. The molecule has 0 saturated heterocycles. The highest BCUT2D eigenvalue weighted by Gasteiger charge is 2.11. The SMILES string of the molecule is CCCNC(C)c1cnc(-c2cc(C)ccc2C)s1. The van der Waals surface area contributed by atoms with Crippen molar-refractivity contribution in [3.8, 4) is 10.6 Å². The Balaban J connectivity index is 2.23. The zero-order chi connectivity index (χ0) is 13.8. The third-order valence-corrected chi connectivity index (χ3v) is 4.49. The van der Waals surface area contributed by atoms with Crippen molar-refractivity contribution in [2.75, 3.05) is 6.54 Å². The van der Waals surface area contributed by atoms with Crippen molar-refractivity contribution in [1.82, 2.24) is 10.3 Å². The Labute approximate surface area is 119 Å². The highest BCUT2D eigenvalue weighted by molar-refractivity contribution is 7.15. The van der Waals surface area contributed by atoms with Crippen molar-refractivity contribution in [2.24, 2.45) is 0 Å². The molecule has 0 radical (unpaired) electrons. The van der Waals surface area contributed by atoms with Crippen molar-refractivity contribution in [2.45, 2.75) is 40.2 Å². The lowest BCUT2D eigenvalue weighted by atomic mass is 10.1. The van der Waals surface area contributed by atoms with Crippen LogP contribution in [-0.2, 0) is 0 Å². The molecule has 1 unspecified atom stereocenters. The van der Waals surface area contributed by atoms with Gasteiger partial charge in [-0.05, 0) is 45.4 Å². The van der Waals surface area contributed by atoms with Gasteiger partial charge in [-0.1, -0.05) is 24.6 Å². The topological polar surface area (TPSA) is 24.9 Å². The number of rotatable bonds is 5. The van der Waals surface area contributed by atoms with Crippen LogP contribution in [0.4, 0.5) is 0 Å². The minimum atomic E-state index is 0.385. The summed E-state index contributed by atoms with van der Waals surface area (Å²) in [5.74, 6) is 0. The van der Waals surface area contributed by atoms with Crippen LogP contribution < -0.4 is 5.32 Å². The normalized spacial score (nSPS) is 12.6. The Hall–Kier alpha value is -1.19. The molecule has 19 heavy (non-hydrogen) atoms. The fourth-order valence-corrected chi connectivity index (χ4v) is 3.06. The lowest BCUT2D eigenvalue weighted by molar-refractivity contribution is 0.577. The molecule has 2 aromatic rings. The molecular formula is C16H22N2S. The fraction of sp³-hybridized carbons (Fsp3) is 0.438. The zero-order valence-electron chi connectivity index (χ0n) is 12.2. The molecule has 0 spiro atoms. The van der Waals surface area contributed by atoms with Gasteiger partial charge in [0.25, 0.3) is 0 Å². The molecule has 0 fully saturated rings.